The van der Waals surface area contributed by atoms with Gasteiger partial charge in [-0.15, -0.1) is 11.3 Å². The van der Waals surface area contributed by atoms with E-state index in [9.17, 15) is 9.18 Å². The standard InChI is InChI=1S/C21H19FN2O2S/c1-2-26-17-9-5-14(6-10-17)20-23-18-11-12-24(13-19(18)27-20)21(25)15-3-7-16(22)8-4-15/h3-10H,2,11-13H2,1H3. The van der Waals surface area contributed by atoms with Gasteiger partial charge in [0.15, 0.2) is 0 Å². The van der Waals surface area contributed by atoms with E-state index in [1.807, 2.05) is 31.2 Å². The van der Waals surface area contributed by atoms with Crippen molar-refractivity contribution in [1.29, 1.82) is 0 Å². The van der Waals surface area contributed by atoms with Gasteiger partial charge in [0.05, 0.1) is 18.8 Å². The molecule has 0 N–H and O–H groups in total. The van der Waals surface area contributed by atoms with Gasteiger partial charge in [-0.1, -0.05) is 0 Å². The molecule has 2 heterocycles. The monoisotopic (exact) mass is 382 g/mol. The lowest BCUT2D eigenvalue weighted by Crippen LogP contribution is -2.35. The molecule has 4 nitrogen and oxygen atoms in total. The summed E-state index contributed by atoms with van der Waals surface area (Å²) in [6.45, 7) is 3.76. The predicted molar refractivity (Wildman–Crippen MR) is 104 cm³/mol. The van der Waals surface area contributed by atoms with E-state index in [4.69, 9.17) is 9.72 Å². The number of carbonyl (C=O) groups is 1. The van der Waals surface area contributed by atoms with Crippen LogP contribution in [0.25, 0.3) is 10.6 Å². The van der Waals surface area contributed by atoms with Gasteiger partial charge >= 0.3 is 0 Å². The molecule has 0 aliphatic carbocycles. The summed E-state index contributed by atoms with van der Waals surface area (Å²) in [6, 6.07) is 13.6. The average Bonchev–Trinajstić information content (AvgIpc) is 3.12. The molecule has 2 aromatic carbocycles. The Bertz CT molecular complexity index is 951. The van der Waals surface area contributed by atoms with Crippen molar-refractivity contribution in [3.63, 3.8) is 0 Å². The summed E-state index contributed by atoms with van der Waals surface area (Å²) in [5.74, 6) is 0.435. The van der Waals surface area contributed by atoms with Crippen molar-refractivity contribution in [1.82, 2.24) is 9.88 Å². The molecule has 0 fully saturated rings. The molecule has 3 aromatic rings. The van der Waals surface area contributed by atoms with E-state index in [1.54, 1.807) is 16.2 Å². The zero-order valence-corrected chi connectivity index (χ0v) is 15.8. The molecule has 1 amide bonds. The van der Waals surface area contributed by atoms with E-state index in [0.29, 0.717) is 25.3 Å². The molecule has 1 aliphatic rings. The van der Waals surface area contributed by atoms with E-state index in [-0.39, 0.29) is 11.7 Å². The van der Waals surface area contributed by atoms with E-state index in [2.05, 4.69) is 0 Å². The number of benzene rings is 2. The van der Waals surface area contributed by atoms with Gasteiger partial charge in [-0.25, -0.2) is 9.37 Å². The lowest BCUT2D eigenvalue weighted by atomic mass is 10.1. The second-order valence-corrected chi connectivity index (χ2v) is 7.41. The molecule has 0 atom stereocenters. The Morgan fingerprint density at radius 1 is 1.19 bits per heavy atom. The molecule has 27 heavy (non-hydrogen) atoms. The first-order valence-corrected chi connectivity index (χ1v) is 9.72. The zero-order chi connectivity index (χ0) is 18.8. The van der Waals surface area contributed by atoms with Crippen LogP contribution in [0.2, 0.25) is 0 Å². The number of aromatic nitrogens is 1. The van der Waals surface area contributed by atoms with Crippen LogP contribution in [0.1, 0.15) is 27.9 Å². The summed E-state index contributed by atoms with van der Waals surface area (Å²) in [6.07, 6.45) is 0.732. The Hall–Kier alpha value is -2.73. The SMILES string of the molecule is CCOc1ccc(-c2nc3c(s2)CN(C(=O)c2ccc(F)cc2)CC3)cc1. The van der Waals surface area contributed by atoms with Crippen molar-refractivity contribution < 1.29 is 13.9 Å². The van der Waals surface area contributed by atoms with E-state index < -0.39 is 0 Å². The highest BCUT2D eigenvalue weighted by Gasteiger charge is 2.25. The Labute approximate surface area is 161 Å². The fourth-order valence-corrected chi connectivity index (χ4v) is 4.26. The first kappa shape index (κ1) is 17.7. The minimum atomic E-state index is -0.338. The van der Waals surface area contributed by atoms with Gasteiger partial charge in [-0.05, 0) is 55.5 Å². The van der Waals surface area contributed by atoms with Gasteiger partial charge in [-0.3, -0.25) is 4.79 Å². The number of ether oxygens (including phenoxy) is 1. The van der Waals surface area contributed by atoms with Crippen LogP contribution in [0, 0.1) is 5.82 Å². The summed E-state index contributed by atoms with van der Waals surface area (Å²) < 4.78 is 18.6. The van der Waals surface area contributed by atoms with Crippen LogP contribution in [-0.2, 0) is 13.0 Å². The maximum absolute atomic E-state index is 13.1. The Balaban J connectivity index is 1.52. The molecule has 0 radical (unpaired) electrons. The topological polar surface area (TPSA) is 42.4 Å². The van der Waals surface area contributed by atoms with Crippen LogP contribution in [0.15, 0.2) is 48.5 Å². The smallest absolute Gasteiger partial charge is 0.254 e. The molecule has 138 valence electrons. The van der Waals surface area contributed by atoms with Gasteiger partial charge in [0.25, 0.3) is 5.91 Å². The fraction of sp³-hybridized carbons (Fsp3) is 0.238. The van der Waals surface area contributed by atoms with Crippen LogP contribution < -0.4 is 4.74 Å². The lowest BCUT2D eigenvalue weighted by Gasteiger charge is -2.26. The molecule has 0 bridgehead atoms. The van der Waals surface area contributed by atoms with E-state index >= 15 is 0 Å². The molecular formula is C21H19FN2O2S. The molecule has 0 spiro atoms. The number of thiazole rings is 1. The first-order chi connectivity index (χ1) is 13.1. The third-order valence-corrected chi connectivity index (χ3v) is 5.65. The molecule has 1 aromatic heterocycles. The number of rotatable bonds is 4. The molecule has 0 saturated heterocycles. The maximum atomic E-state index is 13.1. The zero-order valence-electron chi connectivity index (χ0n) is 14.9. The average molecular weight is 382 g/mol. The number of amides is 1. The van der Waals surface area contributed by atoms with Crippen LogP contribution in [0.3, 0.4) is 0 Å². The number of hydrogen-bond acceptors (Lipinski definition) is 4. The second kappa shape index (κ2) is 7.48. The molecule has 0 saturated carbocycles. The first-order valence-electron chi connectivity index (χ1n) is 8.90. The van der Waals surface area contributed by atoms with Crippen molar-refractivity contribution in [3.05, 3.63) is 70.5 Å². The molecule has 6 heteroatoms. The quantitative estimate of drug-likeness (QED) is 0.665. The van der Waals surface area contributed by atoms with Gasteiger partial charge in [0.2, 0.25) is 0 Å². The normalized spacial score (nSPS) is 13.3. The molecular weight excluding hydrogens is 363 g/mol. The molecule has 1 aliphatic heterocycles. The number of halogens is 1. The summed E-state index contributed by atoms with van der Waals surface area (Å²) in [5.41, 5.74) is 2.62. The van der Waals surface area contributed by atoms with Crippen LogP contribution in [0.4, 0.5) is 4.39 Å². The number of nitrogens with zero attached hydrogens (tertiary/aromatic N) is 2. The van der Waals surface area contributed by atoms with Gasteiger partial charge in [-0.2, -0.15) is 0 Å². The Morgan fingerprint density at radius 3 is 2.63 bits per heavy atom. The fourth-order valence-electron chi connectivity index (χ4n) is 3.13. The summed E-state index contributed by atoms with van der Waals surface area (Å²) in [7, 11) is 0. The number of carbonyl (C=O) groups excluding carboxylic acids is 1. The minimum absolute atomic E-state index is 0.0725. The number of fused-ring (bicyclic) bond motifs is 1. The van der Waals surface area contributed by atoms with Crippen molar-refractivity contribution in [2.45, 2.75) is 19.9 Å². The van der Waals surface area contributed by atoms with Crippen LogP contribution >= 0.6 is 11.3 Å². The summed E-state index contributed by atoms with van der Waals surface area (Å²) in [4.78, 5) is 20.3. The van der Waals surface area contributed by atoms with Gasteiger partial charge in [0.1, 0.15) is 16.6 Å². The highest BCUT2D eigenvalue weighted by atomic mass is 32.1. The van der Waals surface area contributed by atoms with Crippen molar-refractivity contribution >= 4 is 17.2 Å². The Kier molecular flexibility index (Phi) is 4.90. The minimum Gasteiger partial charge on any atom is -0.494 e. The van der Waals surface area contributed by atoms with E-state index in [0.717, 1.165) is 33.3 Å². The van der Waals surface area contributed by atoms with Crippen molar-refractivity contribution in [2.24, 2.45) is 0 Å². The van der Waals surface area contributed by atoms with E-state index in [1.165, 1.54) is 24.3 Å². The predicted octanol–water partition coefficient (Wildman–Crippen LogP) is 4.55. The highest BCUT2D eigenvalue weighted by Crippen LogP contribution is 2.32. The Morgan fingerprint density at radius 2 is 1.93 bits per heavy atom. The third kappa shape index (κ3) is 3.71. The van der Waals surface area contributed by atoms with Crippen molar-refractivity contribution in [2.75, 3.05) is 13.2 Å². The third-order valence-electron chi connectivity index (χ3n) is 4.52. The van der Waals surface area contributed by atoms with Crippen molar-refractivity contribution in [3.8, 4) is 16.3 Å². The van der Waals surface area contributed by atoms with Crippen LogP contribution in [0.5, 0.6) is 5.75 Å². The molecule has 4 rings (SSSR count). The lowest BCUT2D eigenvalue weighted by molar-refractivity contribution is 0.0736. The maximum Gasteiger partial charge on any atom is 0.254 e. The molecule has 0 unspecified atom stereocenters. The summed E-state index contributed by atoms with van der Waals surface area (Å²) >= 11 is 1.62. The number of hydrogen-bond donors (Lipinski definition) is 0. The largest absolute Gasteiger partial charge is 0.494 e. The highest BCUT2D eigenvalue weighted by molar-refractivity contribution is 7.15. The summed E-state index contributed by atoms with van der Waals surface area (Å²) in [5, 5.41) is 0.958. The second-order valence-electron chi connectivity index (χ2n) is 6.33. The van der Waals surface area contributed by atoms with Gasteiger partial charge < -0.3 is 9.64 Å². The van der Waals surface area contributed by atoms with Gasteiger partial charge in [0, 0.05) is 29.0 Å². The van der Waals surface area contributed by atoms with Crippen LogP contribution in [-0.4, -0.2) is 28.9 Å².